The van der Waals surface area contributed by atoms with Gasteiger partial charge in [-0.15, -0.1) is 0 Å². The molecule has 1 amide bonds. The van der Waals surface area contributed by atoms with Crippen molar-refractivity contribution in [2.45, 2.75) is 19.0 Å². The van der Waals surface area contributed by atoms with Crippen LogP contribution in [0.25, 0.3) is 11.3 Å². The van der Waals surface area contributed by atoms with E-state index in [-0.39, 0.29) is 18.9 Å². The Kier molecular flexibility index (Phi) is 5.06. The molecule has 0 saturated carbocycles. The number of hydrogen-bond acceptors (Lipinski definition) is 4. The average molecular weight is 407 g/mol. The number of nitrogens with zero attached hydrogens (tertiary/aromatic N) is 4. The second kappa shape index (κ2) is 7.69. The standard InChI is InChI=1S/C22H19F2N5O/c1-28-21(16(9-25)11-27-28)14-2-3-20-15(7-14)12-29(22(20)30)19(10-26)6-13-4-17(23)8-18(24)5-13/h2-5,7-8,11,19H,6,10,12,26H2,1H3. The maximum absolute atomic E-state index is 13.5. The quantitative estimate of drug-likeness (QED) is 0.705. The maximum Gasteiger partial charge on any atom is 0.254 e. The smallest absolute Gasteiger partial charge is 0.254 e. The maximum atomic E-state index is 13.5. The second-order valence-electron chi connectivity index (χ2n) is 7.32. The minimum Gasteiger partial charge on any atom is -0.330 e. The van der Waals surface area contributed by atoms with Crippen molar-refractivity contribution in [3.05, 3.63) is 76.5 Å². The largest absolute Gasteiger partial charge is 0.330 e. The molecule has 1 aromatic heterocycles. The van der Waals surface area contributed by atoms with Crippen LogP contribution in [-0.2, 0) is 20.0 Å². The lowest BCUT2D eigenvalue weighted by molar-refractivity contribution is 0.0708. The molecule has 1 atom stereocenters. The summed E-state index contributed by atoms with van der Waals surface area (Å²) in [7, 11) is 1.75. The third-order valence-electron chi connectivity index (χ3n) is 5.38. The van der Waals surface area contributed by atoms with E-state index in [0.29, 0.717) is 28.9 Å². The van der Waals surface area contributed by atoms with Gasteiger partial charge in [0.05, 0.1) is 17.5 Å². The van der Waals surface area contributed by atoms with Crippen molar-refractivity contribution in [3.8, 4) is 17.3 Å². The molecule has 6 nitrogen and oxygen atoms in total. The van der Waals surface area contributed by atoms with Crippen molar-refractivity contribution < 1.29 is 13.6 Å². The van der Waals surface area contributed by atoms with Crippen molar-refractivity contribution >= 4 is 5.91 Å². The van der Waals surface area contributed by atoms with Crippen molar-refractivity contribution in [2.75, 3.05) is 6.54 Å². The summed E-state index contributed by atoms with van der Waals surface area (Å²) in [5, 5.41) is 13.5. The number of aryl methyl sites for hydroxylation is 1. The molecular formula is C22H19F2N5O. The number of aromatic nitrogens is 2. The van der Waals surface area contributed by atoms with E-state index in [0.717, 1.165) is 17.2 Å². The first kappa shape index (κ1) is 19.7. The molecule has 2 aromatic carbocycles. The normalized spacial score (nSPS) is 14.0. The van der Waals surface area contributed by atoms with Gasteiger partial charge in [0.25, 0.3) is 5.91 Å². The lowest BCUT2D eigenvalue weighted by Gasteiger charge is -2.26. The molecule has 2 heterocycles. The van der Waals surface area contributed by atoms with E-state index < -0.39 is 17.7 Å². The number of hydrogen-bond donors (Lipinski definition) is 1. The van der Waals surface area contributed by atoms with E-state index in [1.807, 2.05) is 6.07 Å². The van der Waals surface area contributed by atoms with Crippen LogP contribution < -0.4 is 5.73 Å². The number of amides is 1. The van der Waals surface area contributed by atoms with E-state index in [9.17, 15) is 18.8 Å². The van der Waals surface area contributed by atoms with E-state index in [1.54, 1.807) is 28.8 Å². The molecule has 1 unspecified atom stereocenters. The monoisotopic (exact) mass is 407 g/mol. The number of rotatable bonds is 5. The number of carbonyl (C=O) groups is 1. The minimum atomic E-state index is -0.661. The third kappa shape index (κ3) is 3.44. The van der Waals surface area contributed by atoms with Crippen LogP contribution in [0.3, 0.4) is 0 Å². The highest BCUT2D eigenvalue weighted by Gasteiger charge is 2.32. The van der Waals surface area contributed by atoms with Crippen LogP contribution in [0.1, 0.15) is 27.0 Å². The van der Waals surface area contributed by atoms with E-state index in [1.165, 1.54) is 18.3 Å². The number of nitriles is 1. The number of halogens is 2. The Bertz CT molecular complexity index is 1160. The first-order chi connectivity index (χ1) is 14.4. The van der Waals surface area contributed by atoms with Crippen LogP contribution in [0.4, 0.5) is 8.78 Å². The highest BCUT2D eigenvalue weighted by atomic mass is 19.1. The predicted octanol–water partition coefficient (Wildman–Crippen LogP) is 2.76. The van der Waals surface area contributed by atoms with Crippen molar-refractivity contribution in [1.82, 2.24) is 14.7 Å². The summed E-state index contributed by atoms with van der Waals surface area (Å²) >= 11 is 0. The van der Waals surface area contributed by atoms with Gasteiger partial charge in [-0.25, -0.2) is 8.78 Å². The van der Waals surface area contributed by atoms with Gasteiger partial charge in [0.15, 0.2) is 0 Å². The van der Waals surface area contributed by atoms with Gasteiger partial charge in [0.1, 0.15) is 17.7 Å². The van der Waals surface area contributed by atoms with E-state index >= 15 is 0 Å². The van der Waals surface area contributed by atoms with Crippen LogP contribution >= 0.6 is 0 Å². The number of carbonyl (C=O) groups excluding carboxylic acids is 1. The highest BCUT2D eigenvalue weighted by molar-refractivity contribution is 5.99. The number of benzene rings is 2. The summed E-state index contributed by atoms with van der Waals surface area (Å²) in [5.41, 5.74) is 9.64. The van der Waals surface area contributed by atoms with Gasteiger partial charge < -0.3 is 10.6 Å². The Balaban J connectivity index is 1.62. The Labute approximate surface area is 172 Å². The van der Waals surface area contributed by atoms with Gasteiger partial charge >= 0.3 is 0 Å². The summed E-state index contributed by atoms with van der Waals surface area (Å²) in [4.78, 5) is 14.6. The fourth-order valence-electron chi connectivity index (χ4n) is 3.97. The zero-order chi connectivity index (χ0) is 21.4. The molecule has 4 rings (SSSR count). The molecule has 2 N–H and O–H groups in total. The van der Waals surface area contributed by atoms with Gasteiger partial charge in [-0.2, -0.15) is 10.4 Å². The van der Waals surface area contributed by atoms with Gasteiger partial charge in [0, 0.05) is 43.4 Å². The summed E-state index contributed by atoms with van der Waals surface area (Å²) in [6.45, 7) is 0.492. The molecular weight excluding hydrogens is 388 g/mol. The number of nitrogens with two attached hydrogens (primary N) is 1. The predicted molar refractivity (Wildman–Crippen MR) is 106 cm³/mol. The molecule has 0 radical (unpaired) electrons. The zero-order valence-corrected chi connectivity index (χ0v) is 16.3. The molecule has 8 heteroatoms. The van der Waals surface area contributed by atoms with Crippen LogP contribution in [-0.4, -0.2) is 33.2 Å². The van der Waals surface area contributed by atoms with Crippen molar-refractivity contribution in [3.63, 3.8) is 0 Å². The molecule has 3 aromatic rings. The van der Waals surface area contributed by atoms with Crippen molar-refractivity contribution in [2.24, 2.45) is 12.8 Å². The lowest BCUT2D eigenvalue weighted by atomic mass is 10.0. The summed E-state index contributed by atoms with van der Waals surface area (Å²) < 4.78 is 28.7. The fourth-order valence-corrected chi connectivity index (χ4v) is 3.97. The molecule has 0 spiro atoms. The Morgan fingerprint density at radius 1 is 1.23 bits per heavy atom. The van der Waals surface area contributed by atoms with E-state index in [4.69, 9.17) is 5.73 Å². The van der Waals surface area contributed by atoms with Crippen LogP contribution in [0.15, 0.2) is 42.6 Å². The first-order valence-corrected chi connectivity index (χ1v) is 9.42. The molecule has 1 aliphatic heterocycles. The summed E-state index contributed by atoms with van der Waals surface area (Å²) in [6, 6.07) is 10.4. The van der Waals surface area contributed by atoms with Crippen LogP contribution in [0.2, 0.25) is 0 Å². The van der Waals surface area contributed by atoms with Crippen LogP contribution in [0.5, 0.6) is 0 Å². The van der Waals surface area contributed by atoms with Gasteiger partial charge in [-0.05, 0) is 41.8 Å². The average Bonchev–Trinajstić information content (AvgIpc) is 3.24. The zero-order valence-electron chi connectivity index (χ0n) is 16.3. The topological polar surface area (TPSA) is 87.9 Å². The molecule has 30 heavy (non-hydrogen) atoms. The van der Waals surface area contributed by atoms with Crippen LogP contribution in [0, 0.1) is 23.0 Å². The molecule has 0 fully saturated rings. The van der Waals surface area contributed by atoms with E-state index in [2.05, 4.69) is 11.2 Å². The second-order valence-corrected chi connectivity index (χ2v) is 7.32. The van der Waals surface area contributed by atoms with Gasteiger partial charge in [-0.1, -0.05) is 6.07 Å². The minimum absolute atomic E-state index is 0.158. The highest BCUT2D eigenvalue weighted by Crippen LogP contribution is 2.31. The Morgan fingerprint density at radius 3 is 2.63 bits per heavy atom. The number of fused-ring (bicyclic) bond motifs is 1. The lowest BCUT2D eigenvalue weighted by Crippen LogP contribution is -2.42. The van der Waals surface area contributed by atoms with Gasteiger partial charge in [0.2, 0.25) is 0 Å². The third-order valence-corrected chi connectivity index (χ3v) is 5.38. The SMILES string of the molecule is Cn1ncc(C#N)c1-c1ccc2c(c1)CN(C(CN)Cc1cc(F)cc(F)c1)C2=O. The molecule has 1 aliphatic rings. The summed E-state index contributed by atoms with van der Waals surface area (Å²) in [5.74, 6) is -1.49. The first-order valence-electron chi connectivity index (χ1n) is 9.42. The molecule has 0 saturated heterocycles. The summed E-state index contributed by atoms with van der Waals surface area (Å²) in [6.07, 6.45) is 1.75. The fraction of sp³-hybridized carbons (Fsp3) is 0.227. The van der Waals surface area contributed by atoms with Gasteiger partial charge in [-0.3, -0.25) is 9.48 Å². The molecule has 0 bridgehead atoms. The Hall–Kier alpha value is -3.57. The Morgan fingerprint density at radius 2 is 1.97 bits per heavy atom. The van der Waals surface area contributed by atoms with Crippen molar-refractivity contribution in [1.29, 1.82) is 5.26 Å². The molecule has 0 aliphatic carbocycles. The molecule has 152 valence electrons.